The summed E-state index contributed by atoms with van der Waals surface area (Å²) in [6.07, 6.45) is -0.365. The number of carbonyl (C=O) groups is 1. The van der Waals surface area contributed by atoms with Gasteiger partial charge in [0.25, 0.3) is 5.91 Å². The second kappa shape index (κ2) is 7.42. The van der Waals surface area contributed by atoms with Crippen LogP contribution in [0.15, 0.2) is 40.8 Å². The van der Waals surface area contributed by atoms with Gasteiger partial charge in [-0.25, -0.2) is 4.98 Å². The number of aliphatic hydroxyl groups excluding tert-OH is 1. The number of fused-ring (bicyclic) bond motifs is 1. The van der Waals surface area contributed by atoms with Crippen LogP contribution in [0.5, 0.6) is 0 Å². The van der Waals surface area contributed by atoms with Crippen molar-refractivity contribution in [2.75, 3.05) is 26.2 Å². The number of β-amino-alcohol motifs (C(OH)–C–C–N with tert-alkyl or cyclic N) is 1. The van der Waals surface area contributed by atoms with Gasteiger partial charge in [-0.2, -0.15) is 0 Å². The van der Waals surface area contributed by atoms with Crippen LogP contribution in [-0.2, 0) is 0 Å². The molecule has 142 valence electrons. The molecule has 1 aliphatic rings. The van der Waals surface area contributed by atoms with Crippen molar-refractivity contribution in [3.05, 3.63) is 42.2 Å². The van der Waals surface area contributed by atoms with Gasteiger partial charge in [0.2, 0.25) is 0 Å². The number of piperazine rings is 1. The number of benzene rings is 1. The highest BCUT2D eigenvalue weighted by Gasteiger charge is 2.29. The lowest BCUT2D eigenvalue weighted by Gasteiger charge is -2.40. The lowest BCUT2D eigenvalue weighted by Crippen LogP contribution is -2.54. The number of nitrogens with zero attached hydrogens (tertiary/aromatic N) is 3. The lowest BCUT2D eigenvalue weighted by molar-refractivity contribution is 0.0346. The maximum absolute atomic E-state index is 12.8. The highest BCUT2D eigenvalue weighted by molar-refractivity contribution is 7.21. The molecule has 0 aliphatic carbocycles. The first-order valence-corrected chi connectivity index (χ1v) is 10.00. The molecule has 27 heavy (non-hydrogen) atoms. The number of para-hydroxylation sites is 1. The summed E-state index contributed by atoms with van der Waals surface area (Å²) >= 11 is 1.56. The van der Waals surface area contributed by atoms with Crippen molar-refractivity contribution in [2.24, 2.45) is 0 Å². The van der Waals surface area contributed by atoms with Gasteiger partial charge in [0, 0.05) is 32.2 Å². The minimum Gasteiger partial charge on any atom is -0.448 e. The molecule has 4 rings (SSSR count). The first-order chi connectivity index (χ1) is 13.0. The summed E-state index contributed by atoms with van der Waals surface area (Å²) < 4.78 is 6.94. The van der Waals surface area contributed by atoms with E-state index in [0.29, 0.717) is 31.2 Å². The molecule has 3 aromatic rings. The molecule has 1 N–H and O–H groups in total. The van der Waals surface area contributed by atoms with Crippen LogP contribution < -0.4 is 0 Å². The molecule has 2 atom stereocenters. The molecule has 0 unspecified atom stereocenters. The molecule has 0 spiro atoms. The third kappa shape index (κ3) is 3.76. The molecule has 0 bridgehead atoms. The summed E-state index contributed by atoms with van der Waals surface area (Å²) in [6, 6.07) is 11.7. The second-order valence-corrected chi connectivity index (χ2v) is 8.13. The van der Waals surface area contributed by atoms with Gasteiger partial charge in [-0.05, 0) is 38.1 Å². The van der Waals surface area contributed by atoms with E-state index < -0.39 is 0 Å². The summed E-state index contributed by atoms with van der Waals surface area (Å²) in [4.78, 5) is 21.5. The number of hydrogen-bond donors (Lipinski definition) is 1. The van der Waals surface area contributed by atoms with Crippen LogP contribution in [0.2, 0.25) is 0 Å². The Balaban J connectivity index is 1.47. The molecule has 3 heterocycles. The van der Waals surface area contributed by atoms with E-state index >= 15 is 0 Å². The molecule has 1 saturated heterocycles. The maximum atomic E-state index is 12.8. The monoisotopic (exact) mass is 385 g/mol. The maximum Gasteiger partial charge on any atom is 0.289 e. The van der Waals surface area contributed by atoms with Gasteiger partial charge >= 0.3 is 0 Å². The molecule has 1 amide bonds. The Bertz CT molecular complexity index is 916. The Hall–Kier alpha value is -2.22. The zero-order valence-corrected chi connectivity index (χ0v) is 16.3. The number of furan rings is 1. The van der Waals surface area contributed by atoms with Gasteiger partial charge in [-0.3, -0.25) is 9.69 Å². The average molecular weight is 385 g/mol. The van der Waals surface area contributed by atoms with E-state index in [1.165, 1.54) is 0 Å². The SMILES string of the molecule is C[C@@H](O)CN1CCN(C(=O)c2ccc(-c3nc4ccccc4s3)o2)C[C@@H]1C. The topological polar surface area (TPSA) is 69.8 Å². The van der Waals surface area contributed by atoms with Crippen molar-refractivity contribution in [2.45, 2.75) is 26.0 Å². The fourth-order valence-electron chi connectivity index (χ4n) is 3.49. The first kappa shape index (κ1) is 18.2. The molecular weight excluding hydrogens is 362 g/mol. The van der Waals surface area contributed by atoms with Gasteiger partial charge in [0.05, 0.1) is 16.3 Å². The van der Waals surface area contributed by atoms with Crippen LogP contribution in [0.1, 0.15) is 24.4 Å². The molecule has 7 heteroatoms. The molecule has 0 radical (unpaired) electrons. The van der Waals surface area contributed by atoms with Crippen LogP contribution in [0, 0.1) is 0 Å². The molecule has 6 nitrogen and oxygen atoms in total. The van der Waals surface area contributed by atoms with E-state index in [-0.39, 0.29) is 18.1 Å². The fraction of sp³-hybridized carbons (Fsp3) is 0.400. The quantitative estimate of drug-likeness (QED) is 0.747. The first-order valence-electron chi connectivity index (χ1n) is 9.18. The molecule has 2 aromatic heterocycles. The van der Waals surface area contributed by atoms with Crippen LogP contribution in [0.4, 0.5) is 0 Å². The Morgan fingerprint density at radius 3 is 2.89 bits per heavy atom. The molecule has 1 aromatic carbocycles. The van der Waals surface area contributed by atoms with E-state index in [9.17, 15) is 9.90 Å². The van der Waals surface area contributed by atoms with E-state index in [1.807, 2.05) is 35.2 Å². The summed E-state index contributed by atoms with van der Waals surface area (Å²) in [5, 5.41) is 10.4. The van der Waals surface area contributed by atoms with Crippen LogP contribution in [-0.4, -0.2) is 64.1 Å². The van der Waals surface area contributed by atoms with Gasteiger partial charge in [-0.15, -0.1) is 11.3 Å². The van der Waals surface area contributed by atoms with Gasteiger partial charge in [-0.1, -0.05) is 12.1 Å². The Labute approximate surface area is 162 Å². The molecular formula is C20H23N3O3S. The summed E-state index contributed by atoms with van der Waals surface area (Å²) in [6.45, 7) is 6.51. The van der Waals surface area contributed by atoms with Gasteiger partial charge in [0.1, 0.15) is 0 Å². The van der Waals surface area contributed by atoms with E-state index in [0.717, 1.165) is 21.8 Å². The molecule has 1 fully saturated rings. The number of carbonyl (C=O) groups excluding carboxylic acids is 1. The van der Waals surface area contributed by atoms with E-state index in [4.69, 9.17) is 4.42 Å². The number of hydrogen-bond acceptors (Lipinski definition) is 6. The Morgan fingerprint density at radius 2 is 2.15 bits per heavy atom. The molecule has 0 saturated carbocycles. The third-order valence-electron chi connectivity index (χ3n) is 4.87. The smallest absolute Gasteiger partial charge is 0.289 e. The number of amides is 1. The standard InChI is InChI=1S/C20H23N3O3S/c1-13-11-23(10-9-22(13)12-14(2)24)20(25)17-8-7-16(26-17)19-21-15-5-3-4-6-18(15)27-19/h3-8,13-14,24H,9-12H2,1-2H3/t13-,14+/m0/s1. The normalized spacial score (nSPS) is 19.5. The van der Waals surface area contributed by atoms with Crippen molar-refractivity contribution in [1.82, 2.24) is 14.8 Å². The second-order valence-electron chi connectivity index (χ2n) is 7.09. The lowest BCUT2D eigenvalue weighted by atomic mass is 10.1. The minimum atomic E-state index is -0.365. The largest absolute Gasteiger partial charge is 0.448 e. The highest BCUT2D eigenvalue weighted by Crippen LogP contribution is 2.31. The highest BCUT2D eigenvalue weighted by atomic mass is 32.1. The van der Waals surface area contributed by atoms with Crippen molar-refractivity contribution in [3.8, 4) is 10.8 Å². The molecule has 1 aliphatic heterocycles. The average Bonchev–Trinajstić information content (AvgIpc) is 3.29. The predicted octanol–water partition coefficient (Wildman–Crippen LogP) is 3.08. The van der Waals surface area contributed by atoms with Gasteiger partial charge < -0.3 is 14.4 Å². The van der Waals surface area contributed by atoms with E-state index in [1.54, 1.807) is 24.3 Å². The van der Waals surface area contributed by atoms with Crippen LogP contribution in [0.3, 0.4) is 0 Å². The summed E-state index contributed by atoms with van der Waals surface area (Å²) in [7, 11) is 0. The zero-order valence-electron chi connectivity index (χ0n) is 15.5. The third-order valence-corrected chi connectivity index (χ3v) is 5.92. The van der Waals surface area contributed by atoms with Crippen LogP contribution in [0.25, 0.3) is 21.0 Å². The van der Waals surface area contributed by atoms with E-state index in [2.05, 4.69) is 16.8 Å². The number of aromatic nitrogens is 1. The predicted molar refractivity (Wildman–Crippen MR) is 106 cm³/mol. The fourth-order valence-corrected chi connectivity index (χ4v) is 4.42. The van der Waals surface area contributed by atoms with Gasteiger partial charge in [0.15, 0.2) is 16.5 Å². The number of rotatable bonds is 4. The Kier molecular flexibility index (Phi) is 4.99. The zero-order chi connectivity index (χ0) is 19.0. The minimum absolute atomic E-state index is 0.0918. The summed E-state index contributed by atoms with van der Waals surface area (Å²) in [5.74, 6) is 0.881. The van der Waals surface area contributed by atoms with Crippen molar-refractivity contribution in [1.29, 1.82) is 0 Å². The number of aliphatic hydroxyl groups is 1. The van der Waals surface area contributed by atoms with Crippen LogP contribution >= 0.6 is 11.3 Å². The van der Waals surface area contributed by atoms with Crippen molar-refractivity contribution < 1.29 is 14.3 Å². The summed E-state index contributed by atoms with van der Waals surface area (Å²) in [5.41, 5.74) is 0.935. The number of thiazole rings is 1. The Morgan fingerprint density at radius 1 is 1.33 bits per heavy atom. The van der Waals surface area contributed by atoms with Crippen molar-refractivity contribution >= 4 is 27.5 Å². The van der Waals surface area contributed by atoms with Crippen molar-refractivity contribution in [3.63, 3.8) is 0 Å².